The Labute approximate surface area is 178 Å². The van der Waals surface area contributed by atoms with Crippen LogP contribution in [-0.2, 0) is 22.5 Å². The molecule has 1 fully saturated rings. The Bertz CT molecular complexity index is 1070. The van der Waals surface area contributed by atoms with E-state index in [1.165, 1.54) is 11.8 Å². The maximum Gasteiger partial charge on any atom is 0.217 e. The fourth-order valence-corrected chi connectivity index (χ4v) is 4.70. The van der Waals surface area contributed by atoms with Gasteiger partial charge in [-0.25, -0.2) is 0 Å². The number of nitrogens with one attached hydrogen (secondary N) is 1. The average molecular weight is 428 g/mol. The lowest BCUT2D eigenvalue weighted by Gasteiger charge is -2.14. The fraction of sp³-hybridized carbons (Fsp3) is 0.429. The van der Waals surface area contributed by atoms with Gasteiger partial charge in [0, 0.05) is 41.6 Å². The zero-order valence-corrected chi connectivity index (χ0v) is 17.7. The molecule has 8 nitrogen and oxygen atoms in total. The first kappa shape index (κ1) is 20.6. The Morgan fingerprint density at radius 3 is 2.93 bits per heavy atom. The maximum atomic E-state index is 13.0. The summed E-state index contributed by atoms with van der Waals surface area (Å²) in [7, 11) is 0. The van der Waals surface area contributed by atoms with Gasteiger partial charge in [0.1, 0.15) is 5.82 Å². The van der Waals surface area contributed by atoms with Gasteiger partial charge in [-0.2, -0.15) is 0 Å². The van der Waals surface area contributed by atoms with Crippen molar-refractivity contribution < 1.29 is 14.3 Å². The quantitative estimate of drug-likeness (QED) is 0.401. The van der Waals surface area contributed by atoms with E-state index in [-0.39, 0.29) is 30.0 Å². The van der Waals surface area contributed by atoms with Crippen LogP contribution in [0.5, 0.6) is 0 Å². The van der Waals surface area contributed by atoms with E-state index in [2.05, 4.69) is 15.2 Å². The fourth-order valence-electron chi connectivity index (χ4n) is 3.86. The lowest BCUT2D eigenvalue weighted by Crippen LogP contribution is -2.19. The van der Waals surface area contributed by atoms with Crippen molar-refractivity contribution in [1.29, 1.82) is 0 Å². The van der Waals surface area contributed by atoms with Crippen molar-refractivity contribution in [2.45, 2.75) is 50.4 Å². The van der Waals surface area contributed by atoms with Gasteiger partial charge < -0.3 is 20.0 Å². The summed E-state index contributed by atoms with van der Waals surface area (Å²) in [5.41, 5.74) is 7.84. The number of nitrogens with zero attached hydrogens (tertiary/aromatic N) is 3. The number of aryl methyl sites for hydroxylation is 2. The van der Waals surface area contributed by atoms with Crippen molar-refractivity contribution in [3.8, 4) is 0 Å². The normalized spacial score (nSPS) is 16.4. The van der Waals surface area contributed by atoms with Crippen molar-refractivity contribution in [3.05, 3.63) is 41.3 Å². The smallest absolute Gasteiger partial charge is 0.217 e. The Kier molecular flexibility index (Phi) is 6.19. The van der Waals surface area contributed by atoms with Gasteiger partial charge in [-0.05, 0) is 25.8 Å². The number of primary amides is 1. The van der Waals surface area contributed by atoms with Crippen LogP contribution in [0.4, 0.5) is 0 Å². The van der Waals surface area contributed by atoms with Crippen LogP contribution in [0.3, 0.4) is 0 Å². The second-order valence-electron chi connectivity index (χ2n) is 7.49. The summed E-state index contributed by atoms with van der Waals surface area (Å²) in [5.74, 6) is 0.617. The molecule has 3 heterocycles. The Morgan fingerprint density at radius 1 is 1.33 bits per heavy atom. The number of amides is 1. The van der Waals surface area contributed by atoms with Crippen molar-refractivity contribution in [1.82, 2.24) is 19.7 Å². The average Bonchev–Trinajstić information content (AvgIpc) is 3.43. The van der Waals surface area contributed by atoms with E-state index < -0.39 is 0 Å². The number of aromatic amines is 1. The molecule has 1 atom stereocenters. The van der Waals surface area contributed by atoms with Gasteiger partial charge in [0.05, 0.1) is 18.4 Å². The molecule has 0 spiro atoms. The molecule has 9 heteroatoms. The first-order valence-corrected chi connectivity index (χ1v) is 11.1. The third kappa shape index (κ3) is 4.41. The van der Waals surface area contributed by atoms with Crippen molar-refractivity contribution in [3.63, 3.8) is 0 Å². The minimum absolute atomic E-state index is 0.0419. The van der Waals surface area contributed by atoms with Crippen LogP contribution in [-0.4, -0.2) is 49.9 Å². The molecule has 30 heavy (non-hydrogen) atoms. The molecule has 1 aromatic carbocycles. The van der Waals surface area contributed by atoms with Gasteiger partial charge in [-0.15, -0.1) is 10.2 Å². The van der Waals surface area contributed by atoms with Crippen LogP contribution >= 0.6 is 11.8 Å². The third-order valence-corrected chi connectivity index (χ3v) is 6.27. The van der Waals surface area contributed by atoms with Gasteiger partial charge in [0.2, 0.25) is 5.91 Å². The Hall–Kier alpha value is -2.65. The number of aromatic nitrogens is 4. The first-order valence-electron chi connectivity index (χ1n) is 10.1. The molecule has 4 rings (SSSR count). The van der Waals surface area contributed by atoms with Crippen LogP contribution in [0, 0.1) is 6.92 Å². The number of hydrogen-bond acceptors (Lipinski definition) is 6. The number of hydrogen-bond donors (Lipinski definition) is 2. The van der Waals surface area contributed by atoms with Gasteiger partial charge >= 0.3 is 0 Å². The van der Waals surface area contributed by atoms with Crippen LogP contribution in [0.2, 0.25) is 0 Å². The SMILES string of the molecule is Cc1[nH]c2ccccc2c1C(=O)CSc1nnc(CCC(N)=O)n1CC1CCCO1. The van der Waals surface area contributed by atoms with E-state index in [1.54, 1.807) is 0 Å². The second-order valence-corrected chi connectivity index (χ2v) is 8.44. The van der Waals surface area contributed by atoms with Crippen LogP contribution in [0.15, 0.2) is 29.4 Å². The number of fused-ring (bicyclic) bond motifs is 1. The second kappa shape index (κ2) is 9.01. The summed E-state index contributed by atoms with van der Waals surface area (Å²) in [4.78, 5) is 27.5. The third-order valence-electron chi connectivity index (χ3n) is 5.30. The number of ketones is 1. The molecule has 3 aromatic rings. The minimum atomic E-state index is -0.374. The lowest BCUT2D eigenvalue weighted by atomic mass is 10.1. The van der Waals surface area contributed by atoms with E-state index in [1.807, 2.05) is 35.8 Å². The molecule has 1 amide bonds. The number of rotatable bonds is 9. The topological polar surface area (TPSA) is 116 Å². The van der Waals surface area contributed by atoms with Gasteiger partial charge in [-0.1, -0.05) is 30.0 Å². The molecule has 0 bridgehead atoms. The van der Waals surface area contributed by atoms with E-state index >= 15 is 0 Å². The van der Waals surface area contributed by atoms with Gasteiger partial charge in [-0.3, -0.25) is 9.59 Å². The molecule has 0 aliphatic carbocycles. The summed E-state index contributed by atoms with van der Waals surface area (Å²) in [6.45, 7) is 3.29. The first-order chi connectivity index (χ1) is 14.5. The Balaban J connectivity index is 1.52. The van der Waals surface area contributed by atoms with E-state index in [0.717, 1.165) is 41.6 Å². The molecular weight excluding hydrogens is 402 g/mol. The number of carbonyl (C=O) groups is 2. The maximum absolute atomic E-state index is 13.0. The summed E-state index contributed by atoms with van der Waals surface area (Å²) in [6.07, 6.45) is 2.74. The molecule has 1 aliphatic rings. The number of Topliss-reactive ketones (excluding diaryl/α,β-unsaturated/α-hetero) is 1. The molecule has 1 unspecified atom stereocenters. The van der Waals surface area contributed by atoms with E-state index in [9.17, 15) is 9.59 Å². The molecule has 158 valence electrons. The summed E-state index contributed by atoms with van der Waals surface area (Å²) in [5, 5.41) is 10.1. The highest BCUT2D eigenvalue weighted by Gasteiger charge is 2.23. The molecule has 1 saturated heterocycles. The monoisotopic (exact) mass is 427 g/mol. The predicted molar refractivity (Wildman–Crippen MR) is 115 cm³/mol. The number of H-pyrrole nitrogens is 1. The van der Waals surface area contributed by atoms with E-state index in [0.29, 0.717) is 23.9 Å². The number of nitrogens with two attached hydrogens (primary N) is 1. The summed E-state index contributed by atoms with van der Waals surface area (Å²) < 4.78 is 7.73. The van der Waals surface area contributed by atoms with E-state index in [4.69, 9.17) is 10.5 Å². The van der Waals surface area contributed by atoms with Crippen LogP contribution < -0.4 is 5.73 Å². The highest BCUT2D eigenvalue weighted by Crippen LogP contribution is 2.26. The minimum Gasteiger partial charge on any atom is -0.376 e. The lowest BCUT2D eigenvalue weighted by molar-refractivity contribution is -0.118. The molecule has 1 aliphatic heterocycles. The summed E-state index contributed by atoms with van der Waals surface area (Å²) >= 11 is 1.36. The highest BCUT2D eigenvalue weighted by atomic mass is 32.2. The molecule has 0 saturated carbocycles. The van der Waals surface area contributed by atoms with Crippen molar-refractivity contribution >= 4 is 34.4 Å². The van der Waals surface area contributed by atoms with Crippen LogP contribution in [0.1, 0.15) is 41.1 Å². The zero-order valence-electron chi connectivity index (χ0n) is 16.9. The Morgan fingerprint density at radius 2 is 2.17 bits per heavy atom. The highest BCUT2D eigenvalue weighted by molar-refractivity contribution is 7.99. The largest absolute Gasteiger partial charge is 0.376 e. The number of para-hydroxylation sites is 1. The number of carbonyl (C=O) groups excluding carboxylic acids is 2. The number of ether oxygens (including phenoxy) is 1. The summed E-state index contributed by atoms with van der Waals surface area (Å²) in [6, 6.07) is 7.80. The predicted octanol–water partition coefficient (Wildman–Crippen LogP) is 2.64. The number of thioether (sulfide) groups is 1. The number of benzene rings is 1. The molecular formula is C21H25N5O3S. The molecule has 0 radical (unpaired) electrons. The van der Waals surface area contributed by atoms with Crippen LogP contribution in [0.25, 0.3) is 10.9 Å². The van der Waals surface area contributed by atoms with Gasteiger partial charge in [0.25, 0.3) is 0 Å². The molecule has 3 N–H and O–H groups in total. The standard InChI is InChI=1S/C21H25N5O3S/c1-13-20(15-6-2-3-7-16(15)23-13)17(27)12-30-21-25-24-19(9-8-18(22)28)26(21)11-14-5-4-10-29-14/h2-3,6-7,14,23H,4-5,8-12H2,1H3,(H2,22,28). The van der Waals surface area contributed by atoms with Crippen molar-refractivity contribution in [2.75, 3.05) is 12.4 Å². The van der Waals surface area contributed by atoms with Crippen molar-refractivity contribution in [2.24, 2.45) is 5.73 Å². The zero-order chi connectivity index (χ0) is 21.1. The van der Waals surface area contributed by atoms with Gasteiger partial charge in [0.15, 0.2) is 10.9 Å². The molecule has 2 aromatic heterocycles.